The van der Waals surface area contributed by atoms with E-state index in [9.17, 15) is 9.59 Å². The number of hydrogen-bond donors (Lipinski definition) is 2. The Kier molecular flexibility index (Phi) is 6.02. The Morgan fingerprint density at radius 3 is 2.96 bits per heavy atom. The highest BCUT2D eigenvalue weighted by atomic mass is 32.1. The minimum Gasteiger partial charge on any atom is -0.480 e. The Balaban J connectivity index is 1.58. The fraction of sp³-hybridized carbons (Fsp3) is 0.722. The van der Waals surface area contributed by atoms with Crippen LogP contribution in [-0.2, 0) is 21.4 Å². The van der Waals surface area contributed by atoms with Gasteiger partial charge >= 0.3 is 12.0 Å². The normalized spacial score (nSPS) is 21.8. The molecule has 0 radical (unpaired) electrons. The van der Waals surface area contributed by atoms with Crippen LogP contribution >= 0.6 is 11.3 Å². The molecule has 1 fully saturated rings. The van der Waals surface area contributed by atoms with Crippen LogP contribution in [0, 0.1) is 0 Å². The number of ether oxygens (including phenoxy) is 1. The molecule has 27 heavy (non-hydrogen) atoms. The average Bonchev–Trinajstić information content (AvgIpc) is 2.98. The van der Waals surface area contributed by atoms with Crippen molar-refractivity contribution in [2.24, 2.45) is 0 Å². The van der Waals surface area contributed by atoms with Gasteiger partial charge in [-0.3, -0.25) is 15.0 Å². The van der Waals surface area contributed by atoms with Gasteiger partial charge in [-0.2, -0.15) is 0 Å². The van der Waals surface area contributed by atoms with Crippen LogP contribution < -0.4 is 5.32 Å². The molecule has 0 spiro atoms. The number of nitrogens with zero attached hydrogens (tertiary/aromatic N) is 3. The van der Waals surface area contributed by atoms with E-state index >= 15 is 0 Å². The highest BCUT2D eigenvalue weighted by molar-refractivity contribution is 7.15. The molecule has 1 unspecified atom stereocenters. The zero-order valence-electron chi connectivity index (χ0n) is 16.2. The lowest BCUT2D eigenvalue weighted by atomic mass is 9.79. The quantitative estimate of drug-likeness (QED) is 0.791. The van der Waals surface area contributed by atoms with Gasteiger partial charge in [-0.05, 0) is 26.3 Å². The highest BCUT2D eigenvalue weighted by Crippen LogP contribution is 2.40. The maximum atomic E-state index is 12.7. The number of likely N-dealkylation sites (N-methyl/N-ethyl adjacent to an activating group) is 1. The summed E-state index contributed by atoms with van der Waals surface area (Å²) in [5.74, 6) is -0.876. The number of morpholine rings is 1. The van der Waals surface area contributed by atoms with Crippen molar-refractivity contribution in [1.29, 1.82) is 0 Å². The van der Waals surface area contributed by atoms with Crippen LogP contribution in [0.1, 0.15) is 37.3 Å². The number of hydrogen-bond acceptors (Lipinski definition) is 6. The molecule has 1 saturated heterocycles. The van der Waals surface area contributed by atoms with Crippen molar-refractivity contribution in [2.75, 3.05) is 45.2 Å². The second-order valence-corrected chi connectivity index (χ2v) is 9.07. The molecule has 0 bridgehead atoms. The van der Waals surface area contributed by atoms with Gasteiger partial charge in [0.1, 0.15) is 0 Å². The monoisotopic (exact) mass is 396 g/mol. The Bertz CT molecular complexity index is 706. The molecule has 1 aliphatic heterocycles. The van der Waals surface area contributed by atoms with Gasteiger partial charge in [-0.15, -0.1) is 11.3 Å². The number of carboxylic acids is 1. The molecule has 1 aromatic heterocycles. The molecule has 8 nitrogen and oxygen atoms in total. The topological polar surface area (TPSA) is 95.0 Å². The number of amides is 2. The fourth-order valence-corrected chi connectivity index (χ4v) is 4.91. The first-order valence-corrected chi connectivity index (χ1v) is 10.1. The van der Waals surface area contributed by atoms with Gasteiger partial charge in [-0.25, -0.2) is 9.78 Å². The van der Waals surface area contributed by atoms with Crippen molar-refractivity contribution >= 4 is 28.5 Å². The molecule has 0 saturated carbocycles. The molecule has 1 atom stereocenters. The summed E-state index contributed by atoms with van der Waals surface area (Å²) in [6, 6.07) is -0.173. The summed E-state index contributed by atoms with van der Waals surface area (Å²) in [5, 5.41) is 12.5. The molecule has 1 aliphatic carbocycles. The number of aromatic nitrogens is 1. The average molecular weight is 397 g/mol. The van der Waals surface area contributed by atoms with Gasteiger partial charge in [0, 0.05) is 29.9 Å². The number of carbonyl (C=O) groups is 2. The molecular formula is C18H28N4O4S. The summed E-state index contributed by atoms with van der Waals surface area (Å²) in [5.41, 5.74) is 1.18. The summed E-state index contributed by atoms with van der Waals surface area (Å²) in [6.07, 6.45) is 3.11. The molecular weight excluding hydrogens is 368 g/mol. The lowest BCUT2D eigenvalue weighted by molar-refractivity contribution is -0.138. The number of thiazole rings is 1. The van der Waals surface area contributed by atoms with Crippen molar-refractivity contribution in [1.82, 2.24) is 14.8 Å². The van der Waals surface area contributed by atoms with Crippen LogP contribution in [0.25, 0.3) is 0 Å². The standard InChI is InChI=1S/C18H28N4O4S/c1-18(2)6-4-5-13-15(18)19-16(27-13)20-17(25)22-7-8-26-12(10-22)9-21(3)11-14(23)24/h12H,4-11H2,1-3H3,(H,23,24)(H,19,20,25). The van der Waals surface area contributed by atoms with E-state index in [-0.39, 0.29) is 24.1 Å². The number of rotatable bonds is 5. The zero-order valence-corrected chi connectivity index (χ0v) is 17.0. The van der Waals surface area contributed by atoms with E-state index in [1.165, 1.54) is 4.88 Å². The summed E-state index contributed by atoms with van der Waals surface area (Å²) < 4.78 is 5.69. The zero-order chi connectivity index (χ0) is 19.6. The first kappa shape index (κ1) is 20.0. The van der Waals surface area contributed by atoms with Crippen molar-refractivity contribution in [3.8, 4) is 0 Å². The van der Waals surface area contributed by atoms with E-state index in [1.807, 2.05) is 0 Å². The summed E-state index contributed by atoms with van der Waals surface area (Å²) in [4.78, 5) is 32.8. The Morgan fingerprint density at radius 1 is 1.48 bits per heavy atom. The molecule has 2 aliphatic rings. The first-order valence-electron chi connectivity index (χ1n) is 9.32. The molecule has 1 aromatic rings. The first-order chi connectivity index (χ1) is 12.7. The third kappa shape index (κ3) is 4.97. The SMILES string of the molecule is CN(CC(=O)O)CC1CN(C(=O)Nc2nc3c(s2)CCCC3(C)C)CCO1. The molecule has 2 heterocycles. The third-order valence-corrected chi connectivity index (χ3v) is 6.13. The summed E-state index contributed by atoms with van der Waals surface area (Å²) >= 11 is 1.57. The number of urea groups is 1. The van der Waals surface area contributed by atoms with Crippen LogP contribution in [0.5, 0.6) is 0 Å². The van der Waals surface area contributed by atoms with E-state index < -0.39 is 5.97 Å². The second kappa shape index (κ2) is 8.12. The fourth-order valence-electron chi connectivity index (χ4n) is 3.74. The predicted octanol–water partition coefficient (Wildman–Crippen LogP) is 2.01. The number of anilines is 1. The van der Waals surface area contributed by atoms with Gasteiger partial charge in [-0.1, -0.05) is 13.8 Å². The van der Waals surface area contributed by atoms with Gasteiger partial charge in [0.25, 0.3) is 0 Å². The summed E-state index contributed by atoms with van der Waals surface area (Å²) in [6.45, 7) is 6.23. The number of aliphatic carboxylic acids is 1. The smallest absolute Gasteiger partial charge is 0.323 e. The lowest BCUT2D eigenvalue weighted by Crippen LogP contribution is -2.50. The maximum absolute atomic E-state index is 12.7. The Morgan fingerprint density at radius 2 is 2.26 bits per heavy atom. The minimum atomic E-state index is -0.876. The second-order valence-electron chi connectivity index (χ2n) is 7.99. The van der Waals surface area contributed by atoms with Crippen LogP contribution in [0.4, 0.5) is 9.93 Å². The van der Waals surface area contributed by atoms with Gasteiger partial charge in [0.15, 0.2) is 5.13 Å². The van der Waals surface area contributed by atoms with Crippen molar-refractivity contribution in [3.05, 3.63) is 10.6 Å². The highest BCUT2D eigenvalue weighted by Gasteiger charge is 2.32. The van der Waals surface area contributed by atoms with Crippen molar-refractivity contribution in [2.45, 2.75) is 44.6 Å². The molecule has 2 N–H and O–H groups in total. The number of fused-ring (bicyclic) bond motifs is 1. The van der Waals surface area contributed by atoms with E-state index in [0.29, 0.717) is 31.4 Å². The van der Waals surface area contributed by atoms with E-state index in [4.69, 9.17) is 14.8 Å². The third-order valence-electron chi connectivity index (χ3n) is 5.10. The van der Waals surface area contributed by atoms with Crippen LogP contribution in [0.15, 0.2) is 0 Å². The number of carboxylic acid groups (broad SMARTS) is 1. The van der Waals surface area contributed by atoms with Gasteiger partial charge in [0.2, 0.25) is 0 Å². The molecule has 2 amide bonds. The number of nitrogens with one attached hydrogen (secondary N) is 1. The van der Waals surface area contributed by atoms with Crippen molar-refractivity contribution < 1.29 is 19.4 Å². The molecule has 150 valence electrons. The van der Waals surface area contributed by atoms with Gasteiger partial charge in [0.05, 0.1) is 24.9 Å². The van der Waals surface area contributed by atoms with E-state index in [1.54, 1.807) is 28.2 Å². The van der Waals surface area contributed by atoms with E-state index in [2.05, 4.69) is 19.2 Å². The van der Waals surface area contributed by atoms with Gasteiger partial charge < -0.3 is 14.7 Å². The largest absolute Gasteiger partial charge is 0.480 e. The molecule has 0 aromatic carbocycles. The van der Waals surface area contributed by atoms with E-state index in [0.717, 1.165) is 25.0 Å². The Labute approximate surface area is 163 Å². The Hall–Kier alpha value is -1.71. The number of aryl methyl sites for hydroxylation is 1. The minimum absolute atomic E-state index is 0.0491. The van der Waals surface area contributed by atoms with Crippen LogP contribution in [0.2, 0.25) is 0 Å². The predicted molar refractivity (Wildman–Crippen MR) is 104 cm³/mol. The lowest BCUT2D eigenvalue weighted by Gasteiger charge is -2.34. The van der Waals surface area contributed by atoms with Crippen LogP contribution in [-0.4, -0.2) is 77.8 Å². The molecule has 9 heteroatoms. The van der Waals surface area contributed by atoms with Crippen LogP contribution in [0.3, 0.4) is 0 Å². The molecule has 3 rings (SSSR count). The number of carbonyl (C=O) groups excluding carboxylic acids is 1. The maximum Gasteiger partial charge on any atom is 0.323 e. The van der Waals surface area contributed by atoms with Crippen molar-refractivity contribution in [3.63, 3.8) is 0 Å². The summed E-state index contributed by atoms with van der Waals surface area (Å²) in [7, 11) is 1.73.